The molecular formula is C30H36N2O5S. The van der Waals surface area contributed by atoms with Crippen LogP contribution in [-0.4, -0.2) is 63.1 Å². The van der Waals surface area contributed by atoms with E-state index in [1.807, 2.05) is 62.4 Å². The molecule has 0 aromatic heterocycles. The maximum Gasteiger partial charge on any atom is 0.310 e. The van der Waals surface area contributed by atoms with Crippen molar-refractivity contribution < 1.29 is 24.2 Å². The molecule has 3 fully saturated rings. The third-order valence-corrected chi connectivity index (χ3v) is 10.6. The fourth-order valence-corrected chi connectivity index (χ4v) is 9.26. The lowest BCUT2D eigenvalue weighted by atomic mass is 9.66. The van der Waals surface area contributed by atoms with Crippen molar-refractivity contribution >= 4 is 35.2 Å². The second-order valence-electron chi connectivity index (χ2n) is 10.9. The molecule has 2 amide bonds. The smallest absolute Gasteiger partial charge is 0.310 e. The molecule has 38 heavy (non-hydrogen) atoms. The summed E-state index contributed by atoms with van der Waals surface area (Å²) >= 11 is 1.61. The van der Waals surface area contributed by atoms with Gasteiger partial charge in [0.1, 0.15) is 6.04 Å². The Morgan fingerprint density at radius 3 is 2.63 bits per heavy atom. The van der Waals surface area contributed by atoms with Crippen molar-refractivity contribution in [2.75, 3.05) is 18.5 Å². The van der Waals surface area contributed by atoms with Crippen LogP contribution in [0.4, 0.5) is 5.69 Å². The highest BCUT2D eigenvalue weighted by Gasteiger charge is 2.76. The topological polar surface area (TPSA) is 95.9 Å². The zero-order chi connectivity index (χ0) is 27.2. The van der Waals surface area contributed by atoms with Crippen LogP contribution in [0.2, 0.25) is 0 Å². The number of rotatable bonds is 8. The number of hydrogen-bond acceptors (Lipinski definition) is 6. The molecule has 8 heteroatoms. The SMILES string of the molecule is CCOC(=O)[C@@H]1[C@@H]2CC(C)C3(S2)C(C(=O)Nc2cc(C)ccc2C)N([C@@H](CO)Cc2ccccc2)C(=O)[C@H]13. The Morgan fingerprint density at radius 1 is 1.21 bits per heavy atom. The van der Waals surface area contributed by atoms with Crippen molar-refractivity contribution in [3.63, 3.8) is 0 Å². The molecule has 2 aromatic carbocycles. The van der Waals surface area contributed by atoms with Crippen LogP contribution in [0, 0.1) is 31.6 Å². The van der Waals surface area contributed by atoms with Gasteiger partial charge in [0.05, 0.1) is 35.8 Å². The molecule has 0 radical (unpaired) electrons. The molecule has 2 N–H and O–H groups in total. The van der Waals surface area contributed by atoms with Gasteiger partial charge in [-0.25, -0.2) is 0 Å². The highest BCUT2D eigenvalue weighted by atomic mass is 32.2. The van der Waals surface area contributed by atoms with Crippen molar-refractivity contribution in [3.05, 3.63) is 65.2 Å². The van der Waals surface area contributed by atoms with E-state index >= 15 is 0 Å². The van der Waals surface area contributed by atoms with Crippen LogP contribution in [-0.2, 0) is 25.5 Å². The molecule has 3 heterocycles. The van der Waals surface area contributed by atoms with Gasteiger partial charge in [-0.15, -0.1) is 11.8 Å². The molecule has 7 nitrogen and oxygen atoms in total. The molecule has 2 bridgehead atoms. The number of nitrogens with zero attached hydrogens (tertiary/aromatic N) is 1. The number of aliphatic hydroxyl groups is 1. The van der Waals surface area contributed by atoms with Gasteiger partial charge in [0, 0.05) is 10.9 Å². The average Bonchev–Trinajstić information content (AvgIpc) is 3.49. The zero-order valence-electron chi connectivity index (χ0n) is 22.3. The first-order valence-electron chi connectivity index (χ1n) is 13.4. The van der Waals surface area contributed by atoms with Crippen molar-refractivity contribution in [1.82, 2.24) is 4.90 Å². The number of ether oxygens (including phenoxy) is 1. The molecule has 3 aliphatic rings. The molecule has 0 saturated carbocycles. The van der Waals surface area contributed by atoms with Crippen LogP contribution >= 0.6 is 11.8 Å². The van der Waals surface area contributed by atoms with Gasteiger partial charge in [0.2, 0.25) is 11.8 Å². The maximum absolute atomic E-state index is 14.3. The number of esters is 1. The van der Waals surface area contributed by atoms with Crippen LogP contribution in [0.15, 0.2) is 48.5 Å². The summed E-state index contributed by atoms with van der Waals surface area (Å²) in [5.41, 5.74) is 3.62. The first-order valence-corrected chi connectivity index (χ1v) is 14.3. The Labute approximate surface area is 228 Å². The fourth-order valence-electron chi connectivity index (χ4n) is 6.87. The van der Waals surface area contributed by atoms with Crippen molar-refractivity contribution in [2.45, 2.75) is 62.6 Å². The molecule has 1 spiro atoms. The number of fused-ring (bicyclic) bond motifs is 1. The van der Waals surface area contributed by atoms with E-state index < -0.39 is 28.7 Å². The van der Waals surface area contributed by atoms with Gasteiger partial charge in [0.25, 0.3) is 0 Å². The quantitative estimate of drug-likeness (QED) is 0.499. The minimum absolute atomic E-state index is 0.0348. The Bertz CT molecular complexity index is 1240. The number of carbonyl (C=O) groups excluding carboxylic acids is 3. The average molecular weight is 537 g/mol. The lowest BCUT2D eigenvalue weighted by Crippen LogP contribution is -2.57. The van der Waals surface area contributed by atoms with E-state index in [-0.39, 0.29) is 42.2 Å². The largest absolute Gasteiger partial charge is 0.466 e. The number of anilines is 1. The first-order chi connectivity index (χ1) is 18.2. The van der Waals surface area contributed by atoms with Crippen LogP contribution < -0.4 is 5.32 Å². The Kier molecular flexibility index (Phi) is 7.31. The first kappa shape index (κ1) is 26.8. The summed E-state index contributed by atoms with van der Waals surface area (Å²) in [6.45, 7) is 7.71. The van der Waals surface area contributed by atoms with Gasteiger partial charge in [-0.1, -0.05) is 49.4 Å². The second-order valence-corrected chi connectivity index (χ2v) is 12.4. The van der Waals surface area contributed by atoms with Gasteiger partial charge in [-0.2, -0.15) is 0 Å². The maximum atomic E-state index is 14.3. The van der Waals surface area contributed by atoms with Gasteiger partial charge in [-0.3, -0.25) is 14.4 Å². The summed E-state index contributed by atoms with van der Waals surface area (Å²) in [6, 6.07) is 14.1. The third-order valence-electron chi connectivity index (χ3n) is 8.56. The summed E-state index contributed by atoms with van der Waals surface area (Å²) in [5, 5.41) is 13.6. The Balaban J connectivity index is 1.59. The van der Waals surface area contributed by atoms with Gasteiger partial charge in [0.15, 0.2) is 0 Å². The van der Waals surface area contributed by atoms with Crippen LogP contribution in [0.25, 0.3) is 0 Å². The van der Waals surface area contributed by atoms with E-state index in [1.165, 1.54) is 0 Å². The van der Waals surface area contributed by atoms with Gasteiger partial charge < -0.3 is 20.1 Å². The predicted octanol–water partition coefficient (Wildman–Crippen LogP) is 3.75. The molecule has 2 aromatic rings. The van der Waals surface area contributed by atoms with Crippen LogP contribution in [0.5, 0.6) is 0 Å². The number of nitrogens with one attached hydrogen (secondary N) is 1. The second kappa shape index (κ2) is 10.4. The minimum atomic E-state index is -0.829. The number of thioether (sulfide) groups is 1. The Morgan fingerprint density at radius 2 is 1.95 bits per heavy atom. The molecule has 3 aliphatic heterocycles. The number of amides is 2. The van der Waals surface area contributed by atoms with Crippen LogP contribution in [0.3, 0.4) is 0 Å². The zero-order valence-corrected chi connectivity index (χ0v) is 23.2. The molecule has 202 valence electrons. The third kappa shape index (κ3) is 4.22. The Hall–Kier alpha value is -2.84. The standard InChI is InChI=1S/C30H36N2O5S/c1-5-37-29(36)24-23-14-19(4)30(38-23)25(24)28(35)32(21(16-33)15-20-9-7-6-8-10-20)26(30)27(34)31-22-13-17(2)11-12-18(22)3/h6-13,19,21,23-26,33H,5,14-16H2,1-4H3,(H,31,34)/t19?,21-,23+,24-,25+,26?,30?/m1/s1. The summed E-state index contributed by atoms with van der Waals surface area (Å²) < 4.78 is 4.66. The molecule has 3 saturated heterocycles. The minimum Gasteiger partial charge on any atom is -0.466 e. The van der Waals surface area contributed by atoms with Crippen molar-refractivity contribution in [3.8, 4) is 0 Å². The summed E-state index contributed by atoms with van der Waals surface area (Å²) in [7, 11) is 0. The van der Waals surface area contributed by atoms with Crippen molar-refractivity contribution in [2.24, 2.45) is 17.8 Å². The monoisotopic (exact) mass is 536 g/mol. The van der Waals surface area contributed by atoms with Gasteiger partial charge in [-0.05, 0) is 62.3 Å². The molecule has 7 atom stereocenters. The summed E-state index contributed by atoms with van der Waals surface area (Å²) in [6.07, 6.45) is 1.15. The fraction of sp³-hybridized carbons (Fsp3) is 0.500. The van der Waals surface area contributed by atoms with Crippen LogP contribution in [0.1, 0.15) is 37.0 Å². The number of carbonyl (C=O) groups is 3. The van der Waals surface area contributed by atoms with E-state index in [9.17, 15) is 19.5 Å². The molecular weight excluding hydrogens is 500 g/mol. The number of likely N-dealkylation sites (tertiary alicyclic amines) is 1. The summed E-state index contributed by atoms with van der Waals surface area (Å²) in [5.74, 6) is -2.10. The number of hydrogen-bond donors (Lipinski definition) is 2. The summed E-state index contributed by atoms with van der Waals surface area (Å²) in [4.78, 5) is 43.4. The van der Waals surface area contributed by atoms with E-state index in [2.05, 4.69) is 12.2 Å². The lowest BCUT2D eigenvalue weighted by Gasteiger charge is -2.40. The normalized spacial score (nSPS) is 30.3. The predicted molar refractivity (Wildman–Crippen MR) is 148 cm³/mol. The molecule has 0 aliphatic carbocycles. The molecule has 3 unspecified atom stereocenters. The number of benzene rings is 2. The number of aliphatic hydroxyl groups excluding tert-OH is 1. The van der Waals surface area contributed by atoms with E-state index in [4.69, 9.17) is 4.74 Å². The highest BCUT2D eigenvalue weighted by Crippen LogP contribution is 2.69. The highest BCUT2D eigenvalue weighted by molar-refractivity contribution is 8.02. The van der Waals surface area contributed by atoms with Crippen molar-refractivity contribution in [1.29, 1.82) is 0 Å². The lowest BCUT2D eigenvalue weighted by molar-refractivity contribution is -0.154. The molecule has 5 rings (SSSR count). The van der Waals surface area contributed by atoms with E-state index in [0.717, 1.165) is 23.1 Å². The number of aryl methyl sites for hydroxylation is 2. The van der Waals surface area contributed by atoms with E-state index in [0.29, 0.717) is 12.1 Å². The van der Waals surface area contributed by atoms with E-state index in [1.54, 1.807) is 23.6 Å². The van der Waals surface area contributed by atoms with Gasteiger partial charge >= 0.3 is 5.97 Å².